The minimum Gasteiger partial charge on any atom is -0.383 e. The van der Waals surface area contributed by atoms with Crippen LogP contribution in [0.2, 0.25) is 10.0 Å². The van der Waals surface area contributed by atoms with E-state index in [1.807, 2.05) is 36.0 Å². The molecule has 2 rings (SSSR count). The predicted molar refractivity (Wildman–Crippen MR) is 86.1 cm³/mol. The van der Waals surface area contributed by atoms with Crippen molar-refractivity contribution in [2.75, 3.05) is 20.3 Å². The van der Waals surface area contributed by atoms with E-state index in [4.69, 9.17) is 27.9 Å². The lowest BCUT2D eigenvalue weighted by molar-refractivity contribution is 0.199. The van der Waals surface area contributed by atoms with Gasteiger partial charge in [-0.05, 0) is 19.1 Å². The Morgan fingerprint density at radius 2 is 2.00 bits per heavy atom. The van der Waals surface area contributed by atoms with Crippen LogP contribution in [0.15, 0.2) is 24.4 Å². The number of halogens is 2. The molecule has 0 atom stereocenters. The molecule has 2 aromatic rings. The van der Waals surface area contributed by atoms with Crippen molar-refractivity contribution in [3.05, 3.63) is 51.3 Å². The summed E-state index contributed by atoms with van der Waals surface area (Å²) in [4.78, 5) is 0. The molecule has 114 valence electrons. The minimum absolute atomic E-state index is 0.567. The van der Waals surface area contributed by atoms with Crippen LogP contribution >= 0.6 is 23.2 Å². The van der Waals surface area contributed by atoms with E-state index in [9.17, 15) is 0 Å². The quantitative estimate of drug-likeness (QED) is 0.793. The van der Waals surface area contributed by atoms with Crippen molar-refractivity contribution in [3.8, 4) is 0 Å². The van der Waals surface area contributed by atoms with Gasteiger partial charge in [-0.1, -0.05) is 29.3 Å². The first-order valence-electron chi connectivity index (χ1n) is 6.77. The smallest absolute Gasteiger partial charge is 0.0688 e. The Balaban J connectivity index is 2.05. The maximum atomic E-state index is 6.19. The predicted octanol–water partition coefficient (Wildman–Crippen LogP) is 3.28. The highest BCUT2D eigenvalue weighted by Gasteiger charge is 2.09. The molecule has 1 aromatic heterocycles. The second-order valence-corrected chi connectivity index (χ2v) is 5.62. The number of aryl methyl sites for hydroxylation is 1. The van der Waals surface area contributed by atoms with Gasteiger partial charge in [0, 0.05) is 47.6 Å². The van der Waals surface area contributed by atoms with E-state index >= 15 is 0 Å². The fourth-order valence-electron chi connectivity index (χ4n) is 2.06. The van der Waals surface area contributed by atoms with Gasteiger partial charge in [-0.3, -0.25) is 4.68 Å². The Bertz CT molecular complexity index is 578. The second kappa shape index (κ2) is 7.80. The van der Waals surface area contributed by atoms with Crippen molar-refractivity contribution in [1.29, 1.82) is 0 Å². The van der Waals surface area contributed by atoms with E-state index in [1.165, 1.54) is 0 Å². The van der Waals surface area contributed by atoms with Crippen LogP contribution < -0.4 is 5.32 Å². The Morgan fingerprint density at radius 3 is 2.67 bits per heavy atom. The van der Waals surface area contributed by atoms with Crippen molar-refractivity contribution in [2.45, 2.75) is 20.0 Å². The molecule has 0 saturated carbocycles. The molecular formula is C15H19Cl2N3O. The number of benzene rings is 1. The number of methoxy groups -OCH3 is 1. The van der Waals surface area contributed by atoms with Gasteiger partial charge < -0.3 is 10.1 Å². The average molecular weight is 328 g/mol. The van der Waals surface area contributed by atoms with Gasteiger partial charge in [0.1, 0.15) is 0 Å². The van der Waals surface area contributed by atoms with E-state index in [-0.39, 0.29) is 0 Å². The number of rotatable bonds is 7. The van der Waals surface area contributed by atoms with Crippen molar-refractivity contribution >= 4 is 23.2 Å². The molecule has 21 heavy (non-hydrogen) atoms. The first-order chi connectivity index (χ1) is 10.1. The molecule has 1 aromatic carbocycles. The first-order valence-corrected chi connectivity index (χ1v) is 7.53. The largest absolute Gasteiger partial charge is 0.383 e. The van der Waals surface area contributed by atoms with Crippen molar-refractivity contribution in [3.63, 3.8) is 0 Å². The zero-order valence-corrected chi connectivity index (χ0v) is 13.7. The van der Waals surface area contributed by atoms with Crippen LogP contribution in [0.5, 0.6) is 0 Å². The van der Waals surface area contributed by atoms with Crippen molar-refractivity contribution in [2.24, 2.45) is 0 Å². The fourth-order valence-corrected chi connectivity index (χ4v) is 2.57. The van der Waals surface area contributed by atoms with Crippen LogP contribution in [0.4, 0.5) is 0 Å². The molecule has 0 unspecified atom stereocenters. The van der Waals surface area contributed by atoms with Crippen LogP contribution in [0.25, 0.3) is 0 Å². The van der Waals surface area contributed by atoms with E-state index in [0.29, 0.717) is 23.2 Å². The molecule has 0 spiro atoms. The maximum Gasteiger partial charge on any atom is 0.0688 e. The highest BCUT2D eigenvalue weighted by Crippen LogP contribution is 2.25. The Morgan fingerprint density at radius 1 is 1.29 bits per heavy atom. The first kappa shape index (κ1) is 16.3. The summed E-state index contributed by atoms with van der Waals surface area (Å²) in [5, 5.41) is 9.15. The van der Waals surface area contributed by atoms with Crippen molar-refractivity contribution < 1.29 is 4.74 Å². The Hall–Kier alpha value is -1.07. The van der Waals surface area contributed by atoms with E-state index in [0.717, 1.165) is 29.9 Å². The lowest BCUT2D eigenvalue weighted by Gasteiger charge is -2.06. The average Bonchev–Trinajstić information content (AvgIpc) is 2.80. The number of aromatic nitrogens is 2. The molecule has 6 heteroatoms. The van der Waals surface area contributed by atoms with Crippen LogP contribution in [0.1, 0.15) is 16.8 Å². The summed E-state index contributed by atoms with van der Waals surface area (Å²) < 4.78 is 6.88. The highest BCUT2D eigenvalue weighted by atomic mass is 35.5. The van der Waals surface area contributed by atoms with Gasteiger partial charge in [-0.15, -0.1) is 0 Å². The zero-order valence-electron chi connectivity index (χ0n) is 12.2. The molecule has 1 heterocycles. The highest BCUT2D eigenvalue weighted by molar-refractivity contribution is 6.35. The molecule has 0 amide bonds. The van der Waals surface area contributed by atoms with Gasteiger partial charge in [0.15, 0.2) is 0 Å². The molecular weight excluding hydrogens is 309 g/mol. The van der Waals surface area contributed by atoms with E-state index in [1.54, 1.807) is 7.11 Å². The van der Waals surface area contributed by atoms with Gasteiger partial charge in [0.25, 0.3) is 0 Å². The third-order valence-corrected chi connectivity index (χ3v) is 3.94. The van der Waals surface area contributed by atoms with Gasteiger partial charge in [0.05, 0.1) is 18.8 Å². The molecule has 0 fully saturated rings. The normalized spacial score (nSPS) is 11.0. The van der Waals surface area contributed by atoms with Crippen LogP contribution in [0, 0.1) is 6.92 Å². The van der Waals surface area contributed by atoms with Crippen LogP contribution in [-0.4, -0.2) is 30.0 Å². The number of hydrogen-bond acceptors (Lipinski definition) is 3. The molecule has 0 aliphatic rings. The summed E-state index contributed by atoms with van der Waals surface area (Å²) >= 11 is 12.4. The van der Waals surface area contributed by atoms with Crippen molar-refractivity contribution in [1.82, 2.24) is 15.1 Å². The monoisotopic (exact) mass is 327 g/mol. The van der Waals surface area contributed by atoms with Gasteiger partial charge >= 0.3 is 0 Å². The Kier molecular flexibility index (Phi) is 6.06. The molecule has 0 aliphatic carbocycles. The van der Waals surface area contributed by atoms with Crippen LogP contribution in [-0.2, 0) is 17.8 Å². The second-order valence-electron chi connectivity index (χ2n) is 4.81. The van der Waals surface area contributed by atoms with E-state index < -0.39 is 0 Å². The Labute approximate surface area is 135 Å². The zero-order chi connectivity index (χ0) is 15.2. The summed E-state index contributed by atoms with van der Waals surface area (Å²) in [6, 6.07) is 5.52. The molecule has 0 aliphatic heterocycles. The number of nitrogens with zero attached hydrogens (tertiary/aromatic N) is 2. The maximum absolute atomic E-state index is 6.19. The summed E-state index contributed by atoms with van der Waals surface area (Å²) in [5.74, 6) is 0. The number of ether oxygens (including phenoxy) is 1. The molecule has 4 nitrogen and oxygen atoms in total. The SMILES string of the molecule is COCCNCc1cn(Cc2c(Cl)cccc2Cl)nc1C. The third-order valence-electron chi connectivity index (χ3n) is 3.23. The topological polar surface area (TPSA) is 39.1 Å². The van der Waals surface area contributed by atoms with Gasteiger partial charge in [0.2, 0.25) is 0 Å². The number of hydrogen-bond donors (Lipinski definition) is 1. The lowest BCUT2D eigenvalue weighted by Crippen LogP contribution is -2.18. The van der Waals surface area contributed by atoms with Crippen LogP contribution in [0.3, 0.4) is 0 Å². The number of nitrogens with one attached hydrogen (secondary N) is 1. The fraction of sp³-hybridized carbons (Fsp3) is 0.400. The van der Waals surface area contributed by atoms with Gasteiger partial charge in [-0.25, -0.2) is 0 Å². The molecule has 0 radical (unpaired) electrons. The third kappa shape index (κ3) is 4.45. The summed E-state index contributed by atoms with van der Waals surface area (Å²) in [5.41, 5.74) is 3.06. The summed E-state index contributed by atoms with van der Waals surface area (Å²) in [7, 11) is 1.69. The van der Waals surface area contributed by atoms with Gasteiger partial charge in [-0.2, -0.15) is 5.10 Å². The minimum atomic E-state index is 0.567. The van der Waals surface area contributed by atoms with E-state index in [2.05, 4.69) is 10.4 Å². The lowest BCUT2D eigenvalue weighted by atomic mass is 10.2. The molecule has 1 N–H and O–H groups in total. The summed E-state index contributed by atoms with van der Waals surface area (Å²) in [6.07, 6.45) is 2.02. The standard InChI is InChI=1S/C15H19Cl2N3O/c1-11-12(8-18-6-7-21-2)9-20(19-11)10-13-14(16)4-3-5-15(13)17/h3-5,9,18H,6-8,10H2,1-2H3. The molecule has 0 bridgehead atoms. The summed E-state index contributed by atoms with van der Waals surface area (Å²) in [6.45, 7) is 4.85. The molecule has 0 saturated heterocycles.